The van der Waals surface area contributed by atoms with Crippen LogP contribution in [0, 0.1) is 0 Å². The topological polar surface area (TPSA) is 26.0 Å². The van der Waals surface area contributed by atoms with Crippen LogP contribution >= 0.6 is 0 Å². The van der Waals surface area contributed by atoms with E-state index in [-0.39, 0.29) is 6.04 Å². The number of fused-ring (bicyclic) bond motifs is 1. The van der Waals surface area contributed by atoms with Crippen LogP contribution in [-0.4, -0.2) is 6.04 Å². The lowest BCUT2D eigenvalue weighted by Crippen LogP contribution is -2.18. The third kappa shape index (κ3) is 1.28. The molecule has 0 aromatic heterocycles. The van der Waals surface area contributed by atoms with Gasteiger partial charge in [0.15, 0.2) is 0 Å². The van der Waals surface area contributed by atoms with Gasteiger partial charge in [0.25, 0.3) is 0 Å². The van der Waals surface area contributed by atoms with E-state index in [1.165, 1.54) is 29.5 Å². The molecule has 1 aromatic carbocycles. The molecule has 2 N–H and O–H groups in total. The van der Waals surface area contributed by atoms with Crippen molar-refractivity contribution in [2.24, 2.45) is 5.73 Å². The van der Waals surface area contributed by atoms with Gasteiger partial charge in [-0.05, 0) is 48.3 Å². The second kappa shape index (κ2) is 2.58. The van der Waals surface area contributed by atoms with Crippen molar-refractivity contribution < 1.29 is 1.37 Å². The van der Waals surface area contributed by atoms with Crippen LogP contribution in [0.5, 0.6) is 0 Å². The summed E-state index contributed by atoms with van der Waals surface area (Å²) in [5.41, 5.74) is 9.83. The maximum absolute atomic E-state index is 7.95. The molecule has 0 radical (unpaired) electrons. The summed E-state index contributed by atoms with van der Waals surface area (Å²) < 4.78 is 7.95. The summed E-state index contributed by atoms with van der Waals surface area (Å²) in [5, 5.41) is 0. The first-order valence-electron chi connectivity index (χ1n) is 5.62. The van der Waals surface area contributed by atoms with E-state index < -0.39 is 0 Å². The summed E-state index contributed by atoms with van der Waals surface area (Å²) in [6.45, 7) is 0. The Bertz CT molecular complexity index is 382. The zero-order valence-electron chi connectivity index (χ0n) is 8.72. The van der Waals surface area contributed by atoms with E-state index in [0.29, 0.717) is 0 Å². The van der Waals surface area contributed by atoms with Gasteiger partial charge in [-0.15, -0.1) is 0 Å². The fourth-order valence-corrected chi connectivity index (χ4v) is 2.23. The lowest BCUT2D eigenvalue weighted by atomic mass is 10.0. The fraction of sp³-hybridized carbons (Fsp3) is 0.500. The van der Waals surface area contributed by atoms with Gasteiger partial charge in [0, 0.05) is 6.04 Å². The molecule has 13 heavy (non-hydrogen) atoms. The molecule has 0 saturated heterocycles. The predicted octanol–water partition coefficient (Wildman–Crippen LogP) is 1.99. The monoisotopic (exact) mass is 174 g/mol. The second-order valence-electron chi connectivity index (χ2n) is 4.38. The SMILES string of the molecule is [2H]c1cc(C2CC2)cc2c1CC(N)C2. The average molecular weight is 174 g/mol. The molecule has 1 atom stereocenters. The van der Waals surface area contributed by atoms with Crippen molar-refractivity contribution in [2.75, 3.05) is 0 Å². The van der Waals surface area contributed by atoms with Crippen LogP contribution < -0.4 is 5.73 Å². The van der Waals surface area contributed by atoms with E-state index in [2.05, 4.69) is 12.1 Å². The van der Waals surface area contributed by atoms with Crippen molar-refractivity contribution in [3.05, 3.63) is 34.9 Å². The van der Waals surface area contributed by atoms with E-state index in [9.17, 15) is 0 Å². The second-order valence-corrected chi connectivity index (χ2v) is 4.38. The molecule has 0 spiro atoms. The summed E-state index contributed by atoms with van der Waals surface area (Å²) in [4.78, 5) is 0. The Labute approximate surface area is 80.4 Å². The summed E-state index contributed by atoms with van der Waals surface area (Å²) in [7, 11) is 0. The number of hydrogen-bond donors (Lipinski definition) is 1. The van der Waals surface area contributed by atoms with Crippen molar-refractivity contribution in [1.29, 1.82) is 0 Å². The molecule has 0 aliphatic heterocycles. The molecule has 1 fully saturated rings. The lowest BCUT2D eigenvalue weighted by molar-refractivity contribution is 0.721. The van der Waals surface area contributed by atoms with E-state index in [1.807, 2.05) is 0 Å². The molecule has 0 amide bonds. The summed E-state index contributed by atoms with van der Waals surface area (Å²) in [5.74, 6) is 0.751. The van der Waals surface area contributed by atoms with Gasteiger partial charge in [-0.25, -0.2) is 0 Å². The molecule has 3 rings (SSSR count). The van der Waals surface area contributed by atoms with Crippen LogP contribution in [0.4, 0.5) is 0 Å². The standard InChI is InChI=1S/C12H15N/c13-12-6-10-4-3-9(8-1-2-8)5-11(10)7-12/h3-5,8,12H,1-2,6-7,13H2/i4D. The smallest absolute Gasteiger partial charge is 0.0626 e. The van der Waals surface area contributed by atoms with Crippen LogP contribution in [0.15, 0.2) is 18.2 Å². The third-order valence-corrected chi connectivity index (χ3v) is 3.14. The lowest BCUT2D eigenvalue weighted by Gasteiger charge is -2.02. The Kier molecular flexibility index (Phi) is 1.31. The number of hydrogen-bond acceptors (Lipinski definition) is 1. The summed E-state index contributed by atoms with van der Waals surface area (Å²) in [6, 6.07) is 5.31. The Balaban J connectivity index is 2.06. The van der Waals surface area contributed by atoms with Crippen molar-refractivity contribution in [2.45, 2.75) is 37.6 Å². The minimum Gasteiger partial charge on any atom is -0.327 e. The van der Waals surface area contributed by atoms with E-state index in [0.717, 1.165) is 24.8 Å². The molecular weight excluding hydrogens is 158 g/mol. The third-order valence-electron chi connectivity index (χ3n) is 3.14. The highest BCUT2D eigenvalue weighted by Gasteiger charge is 2.25. The molecule has 68 valence electrons. The Morgan fingerprint density at radius 1 is 1.31 bits per heavy atom. The highest BCUT2D eigenvalue weighted by molar-refractivity contribution is 5.39. The number of nitrogens with two attached hydrogens (primary N) is 1. The molecule has 1 nitrogen and oxygen atoms in total. The van der Waals surface area contributed by atoms with Crippen molar-refractivity contribution in [3.63, 3.8) is 0 Å². The predicted molar refractivity (Wildman–Crippen MR) is 53.8 cm³/mol. The maximum Gasteiger partial charge on any atom is 0.0626 e. The minimum atomic E-state index is 0.253. The Hall–Kier alpha value is -0.820. The van der Waals surface area contributed by atoms with Crippen molar-refractivity contribution in [1.82, 2.24) is 0 Å². The van der Waals surface area contributed by atoms with Gasteiger partial charge >= 0.3 is 0 Å². The van der Waals surface area contributed by atoms with Gasteiger partial charge in [0.1, 0.15) is 0 Å². The van der Waals surface area contributed by atoms with E-state index in [1.54, 1.807) is 0 Å². The highest BCUT2D eigenvalue weighted by Crippen LogP contribution is 2.41. The normalized spacial score (nSPS) is 27.2. The van der Waals surface area contributed by atoms with Crippen LogP contribution in [0.2, 0.25) is 0 Å². The van der Waals surface area contributed by atoms with Crippen LogP contribution in [0.1, 0.15) is 36.8 Å². The van der Waals surface area contributed by atoms with E-state index in [4.69, 9.17) is 7.10 Å². The molecule has 1 saturated carbocycles. The van der Waals surface area contributed by atoms with Crippen LogP contribution in [0.3, 0.4) is 0 Å². The summed E-state index contributed by atoms with van der Waals surface area (Å²) in [6.07, 6.45) is 4.50. The Morgan fingerprint density at radius 2 is 2.08 bits per heavy atom. The molecule has 0 bridgehead atoms. The first kappa shape index (κ1) is 6.61. The highest BCUT2D eigenvalue weighted by atomic mass is 14.6. The first-order valence-corrected chi connectivity index (χ1v) is 5.12. The number of rotatable bonds is 1. The molecular formula is C12H15N. The maximum atomic E-state index is 7.95. The van der Waals surface area contributed by atoms with Gasteiger partial charge in [-0.3, -0.25) is 0 Å². The van der Waals surface area contributed by atoms with Gasteiger partial charge in [0.2, 0.25) is 0 Å². The quantitative estimate of drug-likeness (QED) is 0.692. The molecule has 1 unspecified atom stereocenters. The fourth-order valence-electron chi connectivity index (χ4n) is 2.23. The van der Waals surface area contributed by atoms with Crippen LogP contribution in [-0.2, 0) is 12.8 Å². The van der Waals surface area contributed by atoms with Crippen molar-refractivity contribution in [3.8, 4) is 0 Å². The average Bonchev–Trinajstić information content (AvgIpc) is 2.89. The van der Waals surface area contributed by atoms with Gasteiger partial charge in [-0.2, -0.15) is 0 Å². The van der Waals surface area contributed by atoms with Gasteiger partial charge < -0.3 is 5.73 Å². The molecule has 2 aliphatic carbocycles. The molecule has 1 heteroatoms. The molecule has 0 heterocycles. The summed E-state index contributed by atoms with van der Waals surface area (Å²) >= 11 is 0. The first-order chi connectivity index (χ1) is 6.74. The number of benzene rings is 1. The van der Waals surface area contributed by atoms with Gasteiger partial charge in [0.05, 0.1) is 1.37 Å². The zero-order chi connectivity index (χ0) is 9.71. The molecule has 1 aromatic rings. The largest absolute Gasteiger partial charge is 0.327 e. The van der Waals surface area contributed by atoms with Crippen molar-refractivity contribution >= 4 is 0 Å². The van der Waals surface area contributed by atoms with Gasteiger partial charge in [-0.1, -0.05) is 18.2 Å². The van der Waals surface area contributed by atoms with E-state index >= 15 is 0 Å². The zero-order valence-corrected chi connectivity index (χ0v) is 7.72. The molecule has 2 aliphatic rings. The van der Waals surface area contributed by atoms with Crippen LogP contribution in [0.25, 0.3) is 0 Å². The minimum absolute atomic E-state index is 0.253. The Morgan fingerprint density at radius 3 is 2.85 bits per heavy atom.